The minimum absolute atomic E-state index is 0.160. The lowest BCUT2D eigenvalue weighted by Crippen LogP contribution is -2.44. The lowest BCUT2D eigenvalue weighted by Gasteiger charge is -2.36. The number of aromatic nitrogens is 3. The van der Waals surface area contributed by atoms with Gasteiger partial charge in [0, 0.05) is 19.4 Å². The topological polar surface area (TPSA) is 53.7 Å². The molecule has 0 radical (unpaired) electrons. The molecule has 2 atom stereocenters. The van der Waals surface area contributed by atoms with Gasteiger partial charge in [-0.1, -0.05) is 12.8 Å². The van der Waals surface area contributed by atoms with E-state index in [1.54, 1.807) is 12.4 Å². The average Bonchev–Trinajstić information content (AvgIpc) is 2.86. The summed E-state index contributed by atoms with van der Waals surface area (Å²) in [5, 5.41) is 14.3. The summed E-state index contributed by atoms with van der Waals surface area (Å²) in [6.07, 6.45) is 9.31. The average molecular weight is 246 g/mol. The fraction of sp³-hybridized carbons (Fsp3) is 0.538. The van der Waals surface area contributed by atoms with E-state index in [0.717, 1.165) is 30.6 Å². The van der Waals surface area contributed by atoms with Crippen LogP contribution in [0.2, 0.25) is 0 Å². The number of hydrogen-bond donors (Lipinski definition) is 1. The molecule has 0 aliphatic heterocycles. The van der Waals surface area contributed by atoms with Gasteiger partial charge in [0.15, 0.2) is 5.82 Å². The van der Waals surface area contributed by atoms with Crippen molar-refractivity contribution in [2.24, 2.45) is 0 Å². The van der Waals surface area contributed by atoms with Crippen LogP contribution in [0.5, 0.6) is 0 Å². The van der Waals surface area contributed by atoms with Gasteiger partial charge in [0.25, 0.3) is 0 Å². The summed E-state index contributed by atoms with van der Waals surface area (Å²) >= 11 is 0. The molecule has 5 heteroatoms. The Kier molecular flexibility index (Phi) is 2.91. The number of rotatable bonds is 2. The standard InChI is InChI=1S/C13H18N4O/c1-16(10-4-2-3-5-12(10)18)13-11-6-7-15-17(11)9-8-14-13/h6-10,12,18H,2-5H2,1H3. The second-order valence-electron chi connectivity index (χ2n) is 4.94. The highest BCUT2D eigenvalue weighted by atomic mass is 16.3. The van der Waals surface area contributed by atoms with Gasteiger partial charge in [0.1, 0.15) is 5.52 Å². The van der Waals surface area contributed by atoms with Gasteiger partial charge in [-0.15, -0.1) is 0 Å². The highest BCUT2D eigenvalue weighted by molar-refractivity contribution is 5.68. The molecular weight excluding hydrogens is 228 g/mol. The minimum Gasteiger partial charge on any atom is -0.391 e. The van der Waals surface area contributed by atoms with E-state index in [-0.39, 0.29) is 12.1 Å². The molecule has 0 spiro atoms. The molecule has 18 heavy (non-hydrogen) atoms. The van der Waals surface area contributed by atoms with Gasteiger partial charge in [0.05, 0.1) is 18.3 Å². The Labute approximate surface area is 106 Å². The summed E-state index contributed by atoms with van der Waals surface area (Å²) in [5.41, 5.74) is 0.984. The van der Waals surface area contributed by atoms with Crippen LogP contribution >= 0.6 is 0 Å². The first-order valence-corrected chi connectivity index (χ1v) is 6.46. The first kappa shape index (κ1) is 11.5. The van der Waals surface area contributed by atoms with E-state index in [9.17, 15) is 5.11 Å². The third kappa shape index (κ3) is 1.84. The van der Waals surface area contributed by atoms with Crippen LogP contribution in [-0.4, -0.2) is 38.9 Å². The van der Waals surface area contributed by atoms with Crippen molar-refractivity contribution in [1.82, 2.24) is 14.6 Å². The van der Waals surface area contributed by atoms with Crippen molar-refractivity contribution in [3.63, 3.8) is 0 Å². The van der Waals surface area contributed by atoms with Gasteiger partial charge in [-0.3, -0.25) is 0 Å². The van der Waals surface area contributed by atoms with Crippen molar-refractivity contribution < 1.29 is 5.11 Å². The predicted molar refractivity (Wildman–Crippen MR) is 69.7 cm³/mol. The molecule has 1 N–H and O–H groups in total. The molecule has 5 nitrogen and oxygen atoms in total. The normalized spacial score (nSPS) is 24.3. The molecule has 2 aromatic rings. The monoisotopic (exact) mass is 246 g/mol. The van der Waals surface area contributed by atoms with Gasteiger partial charge in [-0.2, -0.15) is 5.10 Å². The molecule has 1 aliphatic rings. The van der Waals surface area contributed by atoms with E-state index < -0.39 is 0 Å². The third-order valence-corrected chi connectivity index (χ3v) is 3.83. The van der Waals surface area contributed by atoms with Crippen molar-refractivity contribution in [2.75, 3.05) is 11.9 Å². The molecule has 1 fully saturated rings. The number of aliphatic hydroxyl groups excluding tert-OH is 1. The minimum atomic E-state index is -0.256. The molecule has 1 saturated carbocycles. The van der Waals surface area contributed by atoms with Gasteiger partial charge in [-0.25, -0.2) is 9.50 Å². The summed E-state index contributed by atoms with van der Waals surface area (Å²) in [5.74, 6) is 0.890. The Balaban J connectivity index is 1.95. The molecule has 3 rings (SSSR count). The van der Waals surface area contributed by atoms with E-state index in [1.165, 1.54) is 6.42 Å². The number of nitrogens with zero attached hydrogens (tertiary/aromatic N) is 4. The van der Waals surface area contributed by atoms with Crippen LogP contribution in [0.3, 0.4) is 0 Å². The molecule has 2 aromatic heterocycles. The van der Waals surface area contributed by atoms with Crippen molar-refractivity contribution in [1.29, 1.82) is 0 Å². The van der Waals surface area contributed by atoms with Crippen LogP contribution in [0.1, 0.15) is 25.7 Å². The predicted octanol–water partition coefficient (Wildman–Crippen LogP) is 1.47. The maximum atomic E-state index is 10.1. The Morgan fingerprint density at radius 1 is 1.33 bits per heavy atom. The zero-order valence-corrected chi connectivity index (χ0v) is 10.5. The summed E-state index contributed by atoms with van der Waals surface area (Å²) in [6.45, 7) is 0. The van der Waals surface area contributed by atoms with Crippen LogP contribution in [0.25, 0.3) is 5.52 Å². The number of fused-ring (bicyclic) bond motifs is 1. The molecule has 0 amide bonds. The molecule has 0 saturated heterocycles. The highest BCUT2D eigenvalue weighted by Crippen LogP contribution is 2.27. The zero-order chi connectivity index (χ0) is 12.5. The first-order valence-electron chi connectivity index (χ1n) is 6.46. The van der Waals surface area contributed by atoms with Crippen LogP contribution in [0, 0.1) is 0 Å². The first-order chi connectivity index (χ1) is 8.77. The molecule has 1 aliphatic carbocycles. The van der Waals surface area contributed by atoms with Gasteiger partial charge < -0.3 is 10.0 Å². The molecule has 2 unspecified atom stereocenters. The largest absolute Gasteiger partial charge is 0.391 e. The Bertz CT molecular complexity index is 539. The van der Waals surface area contributed by atoms with Crippen molar-refractivity contribution in [3.8, 4) is 0 Å². The number of aliphatic hydroxyl groups is 1. The summed E-state index contributed by atoms with van der Waals surface area (Å²) in [4.78, 5) is 6.54. The molecule has 96 valence electrons. The summed E-state index contributed by atoms with van der Waals surface area (Å²) in [7, 11) is 2.01. The van der Waals surface area contributed by atoms with E-state index in [1.807, 2.05) is 23.8 Å². The fourth-order valence-corrected chi connectivity index (χ4v) is 2.82. The number of likely N-dealkylation sites (N-methyl/N-ethyl adjacent to an activating group) is 1. The van der Waals surface area contributed by atoms with E-state index in [4.69, 9.17) is 0 Å². The Morgan fingerprint density at radius 3 is 3.00 bits per heavy atom. The lowest BCUT2D eigenvalue weighted by molar-refractivity contribution is 0.106. The van der Waals surface area contributed by atoms with E-state index in [0.29, 0.717) is 0 Å². The lowest BCUT2D eigenvalue weighted by atomic mass is 9.91. The van der Waals surface area contributed by atoms with E-state index >= 15 is 0 Å². The Hall–Kier alpha value is -1.62. The van der Waals surface area contributed by atoms with Gasteiger partial charge >= 0.3 is 0 Å². The second-order valence-corrected chi connectivity index (χ2v) is 4.94. The zero-order valence-electron chi connectivity index (χ0n) is 10.5. The SMILES string of the molecule is CN(c1nccn2nccc12)C1CCCCC1O. The maximum absolute atomic E-state index is 10.1. The van der Waals surface area contributed by atoms with Gasteiger partial charge in [-0.05, 0) is 18.9 Å². The summed E-state index contributed by atoms with van der Waals surface area (Å²) in [6, 6.07) is 2.11. The van der Waals surface area contributed by atoms with E-state index in [2.05, 4.69) is 15.0 Å². The summed E-state index contributed by atoms with van der Waals surface area (Å²) < 4.78 is 1.81. The third-order valence-electron chi connectivity index (χ3n) is 3.83. The van der Waals surface area contributed by atoms with Crippen molar-refractivity contribution in [3.05, 3.63) is 24.7 Å². The second kappa shape index (κ2) is 4.57. The quantitative estimate of drug-likeness (QED) is 0.872. The number of anilines is 1. The maximum Gasteiger partial charge on any atom is 0.154 e. The van der Waals surface area contributed by atoms with Crippen LogP contribution in [0.15, 0.2) is 24.7 Å². The molecular formula is C13H18N4O. The van der Waals surface area contributed by atoms with Crippen molar-refractivity contribution in [2.45, 2.75) is 37.8 Å². The number of hydrogen-bond acceptors (Lipinski definition) is 4. The Morgan fingerprint density at radius 2 is 2.17 bits per heavy atom. The van der Waals surface area contributed by atoms with Crippen LogP contribution in [0.4, 0.5) is 5.82 Å². The smallest absolute Gasteiger partial charge is 0.154 e. The van der Waals surface area contributed by atoms with Crippen LogP contribution < -0.4 is 4.90 Å². The van der Waals surface area contributed by atoms with Crippen LogP contribution in [-0.2, 0) is 0 Å². The van der Waals surface area contributed by atoms with Crippen molar-refractivity contribution >= 4 is 11.3 Å². The molecule has 0 aromatic carbocycles. The molecule has 2 heterocycles. The molecule has 0 bridgehead atoms. The highest BCUT2D eigenvalue weighted by Gasteiger charge is 2.28. The fourth-order valence-electron chi connectivity index (χ4n) is 2.82. The van der Waals surface area contributed by atoms with Gasteiger partial charge in [0.2, 0.25) is 0 Å².